The first-order valence-corrected chi connectivity index (χ1v) is 12.8. The van der Waals surface area contributed by atoms with Crippen molar-refractivity contribution in [3.8, 4) is 5.75 Å². The SMILES string of the molecule is CCOC(Cc1ccc(OCCN(CC2CCC2)C(=O)Nc2ccc3c(c2)CCC3)cc1)C(=O)O. The highest BCUT2D eigenvalue weighted by Crippen LogP contribution is 2.28. The van der Waals surface area contributed by atoms with Gasteiger partial charge in [-0.05, 0) is 85.9 Å². The third-order valence-corrected chi connectivity index (χ3v) is 6.96. The van der Waals surface area contributed by atoms with Crippen LogP contribution in [-0.2, 0) is 28.8 Å². The number of aryl methyl sites for hydroxylation is 2. The van der Waals surface area contributed by atoms with Crippen molar-refractivity contribution in [1.82, 2.24) is 4.90 Å². The Kier molecular flexibility index (Phi) is 8.64. The molecule has 35 heavy (non-hydrogen) atoms. The number of anilines is 1. The van der Waals surface area contributed by atoms with Crippen LogP contribution in [0.3, 0.4) is 0 Å². The van der Waals surface area contributed by atoms with Gasteiger partial charge in [-0.15, -0.1) is 0 Å². The van der Waals surface area contributed by atoms with Gasteiger partial charge >= 0.3 is 12.0 Å². The Hall–Kier alpha value is -3.06. The van der Waals surface area contributed by atoms with Crippen LogP contribution in [0.25, 0.3) is 0 Å². The number of amides is 2. The Balaban J connectivity index is 1.30. The molecule has 1 saturated carbocycles. The molecule has 1 unspecified atom stereocenters. The summed E-state index contributed by atoms with van der Waals surface area (Å²) in [5.41, 5.74) is 4.47. The summed E-state index contributed by atoms with van der Waals surface area (Å²) in [6.07, 6.45) is 6.43. The number of fused-ring (bicyclic) bond motifs is 1. The number of ether oxygens (including phenoxy) is 2. The van der Waals surface area contributed by atoms with Gasteiger partial charge in [0.05, 0.1) is 6.54 Å². The minimum atomic E-state index is -0.961. The predicted molar refractivity (Wildman–Crippen MR) is 135 cm³/mol. The first-order valence-electron chi connectivity index (χ1n) is 12.8. The van der Waals surface area contributed by atoms with Gasteiger partial charge in [0.15, 0.2) is 6.10 Å². The maximum atomic E-state index is 13.1. The lowest BCUT2D eigenvalue weighted by Crippen LogP contribution is -2.42. The molecule has 7 nitrogen and oxygen atoms in total. The summed E-state index contributed by atoms with van der Waals surface area (Å²) in [7, 11) is 0. The highest BCUT2D eigenvalue weighted by atomic mass is 16.5. The van der Waals surface area contributed by atoms with Gasteiger partial charge in [0, 0.05) is 25.3 Å². The quantitative estimate of drug-likeness (QED) is 0.450. The Morgan fingerprint density at radius 1 is 1.09 bits per heavy atom. The van der Waals surface area contributed by atoms with Gasteiger partial charge in [-0.2, -0.15) is 0 Å². The van der Waals surface area contributed by atoms with Crippen LogP contribution in [0.15, 0.2) is 42.5 Å². The maximum absolute atomic E-state index is 13.1. The second kappa shape index (κ2) is 12.1. The zero-order valence-corrected chi connectivity index (χ0v) is 20.5. The second-order valence-electron chi connectivity index (χ2n) is 9.49. The topological polar surface area (TPSA) is 88.1 Å². The molecule has 2 aromatic rings. The zero-order valence-electron chi connectivity index (χ0n) is 20.5. The Morgan fingerprint density at radius 2 is 1.86 bits per heavy atom. The lowest BCUT2D eigenvalue weighted by Gasteiger charge is -2.32. The molecule has 0 saturated heterocycles. The van der Waals surface area contributed by atoms with E-state index in [-0.39, 0.29) is 6.03 Å². The van der Waals surface area contributed by atoms with E-state index < -0.39 is 12.1 Å². The number of hydrogen-bond acceptors (Lipinski definition) is 4. The van der Waals surface area contributed by atoms with Crippen molar-refractivity contribution in [2.24, 2.45) is 5.92 Å². The molecule has 2 amide bonds. The smallest absolute Gasteiger partial charge is 0.333 e. The van der Waals surface area contributed by atoms with Crippen LogP contribution in [0.4, 0.5) is 10.5 Å². The third kappa shape index (κ3) is 6.98. The van der Waals surface area contributed by atoms with E-state index in [1.807, 2.05) is 35.2 Å². The van der Waals surface area contributed by atoms with Crippen molar-refractivity contribution in [1.29, 1.82) is 0 Å². The van der Waals surface area contributed by atoms with E-state index >= 15 is 0 Å². The van der Waals surface area contributed by atoms with Crippen molar-refractivity contribution >= 4 is 17.7 Å². The van der Waals surface area contributed by atoms with E-state index in [1.165, 1.54) is 36.8 Å². The van der Waals surface area contributed by atoms with Crippen molar-refractivity contribution in [2.45, 2.75) is 58.0 Å². The van der Waals surface area contributed by atoms with E-state index in [0.717, 1.165) is 30.6 Å². The summed E-state index contributed by atoms with van der Waals surface area (Å²) < 4.78 is 11.2. The molecular formula is C28H36N2O5. The largest absolute Gasteiger partial charge is 0.492 e. The van der Waals surface area contributed by atoms with Gasteiger partial charge in [0.1, 0.15) is 12.4 Å². The first-order chi connectivity index (χ1) is 17.0. The van der Waals surface area contributed by atoms with Crippen LogP contribution in [0, 0.1) is 5.92 Å². The van der Waals surface area contributed by atoms with Crippen LogP contribution < -0.4 is 10.1 Å². The van der Waals surface area contributed by atoms with Gasteiger partial charge in [0.25, 0.3) is 0 Å². The molecule has 2 aliphatic carbocycles. The van der Waals surface area contributed by atoms with Gasteiger partial charge in [-0.25, -0.2) is 9.59 Å². The summed E-state index contributed by atoms with van der Waals surface area (Å²) in [6, 6.07) is 13.6. The molecule has 0 spiro atoms. The molecule has 4 rings (SSSR count). The molecule has 1 atom stereocenters. The molecular weight excluding hydrogens is 444 g/mol. The lowest BCUT2D eigenvalue weighted by molar-refractivity contribution is -0.149. The van der Waals surface area contributed by atoms with Crippen molar-refractivity contribution < 1.29 is 24.2 Å². The molecule has 0 aromatic heterocycles. The number of carboxylic acids is 1. The molecule has 0 aliphatic heterocycles. The first kappa shape index (κ1) is 25.0. The average molecular weight is 481 g/mol. The van der Waals surface area contributed by atoms with E-state index in [1.54, 1.807) is 6.92 Å². The molecule has 0 bridgehead atoms. The summed E-state index contributed by atoms with van der Waals surface area (Å²) in [6.45, 7) is 3.77. The maximum Gasteiger partial charge on any atom is 0.333 e. The van der Waals surface area contributed by atoms with Gasteiger partial charge in [-0.1, -0.05) is 24.6 Å². The Morgan fingerprint density at radius 3 is 2.54 bits per heavy atom. The van der Waals surface area contributed by atoms with E-state index in [0.29, 0.717) is 37.8 Å². The number of hydrogen-bond donors (Lipinski definition) is 2. The molecule has 2 aromatic carbocycles. The Labute approximate surface area is 207 Å². The molecule has 2 N–H and O–H groups in total. The number of benzene rings is 2. The number of rotatable bonds is 12. The van der Waals surface area contributed by atoms with Gasteiger partial charge < -0.3 is 24.8 Å². The fourth-order valence-electron chi connectivity index (χ4n) is 4.74. The summed E-state index contributed by atoms with van der Waals surface area (Å²) in [5.74, 6) is 0.295. The van der Waals surface area contributed by atoms with Crippen LogP contribution >= 0.6 is 0 Å². The number of aliphatic carboxylic acids is 1. The molecule has 0 heterocycles. The van der Waals surface area contributed by atoms with Crippen molar-refractivity contribution in [3.63, 3.8) is 0 Å². The monoisotopic (exact) mass is 480 g/mol. The lowest BCUT2D eigenvalue weighted by atomic mass is 9.85. The fourth-order valence-corrected chi connectivity index (χ4v) is 4.74. The molecule has 2 aliphatic rings. The number of urea groups is 1. The minimum Gasteiger partial charge on any atom is -0.492 e. The number of carbonyl (C=O) groups excluding carboxylic acids is 1. The van der Waals surface area contributed by atoms with Crippen molar-refractivity contribution in [2.75, 3.05) is 31.6 Å². The highest BCUT2D eigenvalue weighted by Gasteiger charge is 2.24. The fraction of sp³-hybridized carbons (Fsp3) is 0.500. The highest BCUT2D eigenvalue weighted by molar-refractivity contribution is 5.89. The van der Waals surface area contributed by atoms with Crippen LogP contribution in [0.1, 0.15) is 49.3 Å². The molecule has 0 radical (unpaired) electrons. The van der Waals surface area contributed by atoms with Crippen molar-refractivity contribution in [3.05, 3.63) is 59.2 Å². The zero-order chi connectivity index (χ0) is 24.6. The summed E-state index contributed by atoms with van der Waals surface area (Å²) in [4.78, 5) is 26.3. The predicted octanol–water partition coefficient (Wildman–Crippen LogP) is 4.92. The molecule has 188 valence electrons. The summed E-state index contributed by atoms with van der Waals surface area (Å²) >= 11 is 0. The van der Waals surface area contributed by atoms with Crippen LogP contribution in [0.2, 0.25) is 0 Å². The number of carboxylic acid groups (broad SMARTS) is 1. The number of nitrogens with one attached hydrogen (secondary N) is 1. The normalized spacial score (nSPS) is 15.7. The van der Waals surface area contributed by atoms with E-state index in [9.17, 15) is 14.7 Å². The van der Waals surface area contributed by atoms with E-state index in [4.69, 9.17) is 9.47 Å². The molecule has 7 heteroatoms. The molecule has 1 fully saturated rings. The van der Waals surface area contributed by atoms with Gasteiger partial charge in [0.2, 0.25) is 0 Å². The van der Waals surface area contributed by atoms with Crippen LogP contribution in [-0.4, -0.2) is 54.4 Å². The van der Waals surface area contributed by atoms with Gasteiger partial charge in [-0.3, -0.25) is 0 Å². The number of nitrogens with zero attached hydrogens (tertiary/aromatic N) is 1. The van der Waals surface area contributed by atoms with Crippen LogP contribution in [0.5, 0.6) is 5.75 Å². The second-order valence-corrected chi connectivity index (χ2v) is 9.49. The average Bonchev–Trinajstić information content (AvgIpc) is 3.28. The standard InChI is InChI=1S/C28H36N2O5/c1-2-34-26(27(31)32)17-20-9-13-25(14-10-20)35-16-15-30(19-21-5-3-6-21)28(33)29-24-12-11-22-7-4-8-23(22)18-24/h9-14,18,21,26H,2-8,15-17,19H2,1H3,(H,29,33)(H,31,32). The third-order valence-electron chi connectivity index (χ3n) is 6.96. The van der Waals surface area contributed by atoms with E-state index in [2.05, 4.69) is 17.4 Å². The summed E-state index contributed by atoms with van der Waals surface area (Å²) in [5, 5.41) is 12.4. The number of carbonyl (C=O) groups is 2. The minimum absolute atomic E-state index is 0.0792. The Bertz CT molecular complexity index is 1000.